The van der Waals surface area contributed by atoms with Gasteiger partial charge in [0.25, 0.3) is 5.56 Å². The van der Waals surface area contributed by atoms with Crippen LogP contribution in [0.25, 0.3) is 11.3 Å². The quantitative estimate of drug-likeness (QED) is 0.570. The van der Waals surface area contributed by atoms with E-state index in [-0.39, 0.29) is 23.7 Å². The Morgan fingerprint density at radius 3 is 2.48 bits per heavy atom. The van der Waals surface area contributed by atoms with Gasteiger partial charge < -0.3 is 14.8 Å². The van der Waals surface area contributed by atoms with Gasteiger partial charge in [-0.15, -0.1) is 0 Å². The number of aromatic nitrogens is 2. The minimum Gasteiger partial charge on any atom is -0.493 e. The van der Waals surface area contributed by atoms with Crippen LogP contribution in [0.2, 0.25) is 0 Å². The van der Waals surface area contributed by atoms with E-state index in [1.165, 1.54) is 22.9 Å². The predicted molar refractivity (Wildman–Crippen MR) is 115 cm³/mol. The van der Waals surface area contributed by atoms with Crippen LogP contribution in [0.15, 0.2) is 59.4 Å². The zero-order valence-electron chi connectivity index (χ0n) is 17.4. The van der Waals surface area contributed by atoms with Crippen LogP contribution in [-0.2, 0) is 17.9 Å². The Kier molecular flexibility index (Phi) is 7.37. The molecular formula is C23H24FN3O4. The highest BCUT2D eigenvalue weighted by Gasteiger charge is 2.09. The molecule has 0 radical (unpaired) electrons. The van der Waals surface area contributed by atoms with E-state index >= 15 is 0 Å². The number of nitrogens with zero attached hydrogens (tertiary/aromatic N) is 2. The van der Waals surface area contributed by atoms with Gasteiger partial charge in [-0.3, -0.25) is 9.59 Å². The standard InChI is InChI=1S/C23H24FN3O4/c1-30-20-11-7-17(14-21(20)31-2)19-10-12-23(29)27(26-19)13-3-4-22(28)25-15-16-5-8-18(24)9-6-16/h5-12,14H,3-4,13,15H2,1-2H3,(H,25,28). The van der Waals surface area contributed by atoms with Crippen molar-refractivity contribution >= 4 is 5.91 Å². The van der Waals surface area contributed by atoms with Crippen molar-refractivity contribution in [1.82, 2.24) is 15.1 Å². The fraction of sp³-hybridized carbons (Fsp3) is 0.261. The van der Waals surface area contributed by atoms with Crippen molar-refractivity contribution in [1.29, 1.82) is 0 Å². The zero-order valence-corrected chi connectivity index (χ0v) is 17.4. The number of methoxy groups -OCH3 is 2. The fourth-order valence-corrected chi connectivity index (χ4v) is 3.04. The molecule has 0 saturated carbocycles. The van der Waals surface area contributed by atoms with Gasteiger partial charge in [-0.05, 0) is 48.4 Å². The molecule has 0 bridgehead atoms. The first-order chi connectivity index (χ1) is 15.0. The molecule has 8 heteroatoms. The van der Waals surface area contributed by atoms with Gasteiger partial charge in [0.05, 0.1) is 19.9 Å². The predicted octanol–water partition coefficient (Wildman–Crippen LogP) is 3.16. The number of hydrogen-bond acceptors (Lipinski definition) is 5. The molecule has 0 aliphatic rings. The SMILES string of the molecule is COc1ccc(-c2ccc(=O)n(CCCC(=O)NCc3ccc(F)cc3)n2)cc1OC. The van der Waals surface area contributed by atoms with Crippen LogP contribution in [0.5, 0.6) is 11.5 Å². The lowest BCUT2D eigenvalue weighted by Crippen LogP contribution is -2.25. The van der Waals surface area contributed by atoms with Crippen LogP contribution in [0.4, 0.5) is 4.39 Å². The molecule has 3 rings (SSSR count). The molecule has 1 aromatic heterocycles. The summed E-state index contributed by atoms with van der Waals surface area (Å²) in [6, 6.07) is 14.5. The number of amides is 1. The van der Waals surface area contributed by atoms with Crippen LogP contribution in [0, 0.1) is 5.82 Å². The van der Waals surface area contributed by atoms with Gasteiger partial charge in [0.2, 0.25) is 5.91 Å². The maximum Gasteiger partial charge on any atom is 0.266 e. The number of carbonyl (C=O) groups excluding carboxylic acids is 1. The molecule has 1 heterocycles. The lowest BCUT2D eigenvalue weighted by molar-refractivity contribution is -0.121. The Bertz CT molecular complexity index is 1100. The third kappa shape index (κ3) is 5.91. The van der Waals surface area contributed by atoms with E-state index in [1.54, 1.807) is 44.6 Å². The van der Waals surface area contributed by atoms with Crippen LogP contribution < -0.4 is 20.3 Å². The molecule has 1 amide bonds. The molecule has 0 atom stereocenters. The van der Waals surface area contributed by atoms with Crippen LogP contribution >= 0.6 is 0 Å². The minimum absolute atomic E-state index is 0.145. The number of rotatable bonds is 9. The van der Waals surface area contributed by atoms with Crippen molar-refractivity contribution in [3.8, 4) is 22.8 Å². The van der Waals surface area contributed by atoms with Gasteiger partial charge in [0, 0.05) is 31.1 Å². The van der Waals surface area contributed by atoms with Gasteiger partial charge in [0.15, 0.2) is 11.5 Å². The smallest absolute Gasteiger partial charge is 0.266 e. The summed E-state index contributed by atoms with van der Waals surface area (Å²) < 4.78 is 24.8. The number of halogens is 1. The highest BCUT2D eigenvalue weighted by Crippen LogP contribution is 2.31. The highest BCUT2D eigenvalue weighted by atomic mass is 19.1. The second-order valence-corrected chi connectivity index (χ2v) is 6.86. The van der Waals surface area contributed by atoms with E-state index in [1.807, 2.05) is 6.07 Å². The third-order valence-electron chi connectivity index (χ3n) is 4.72. The van der Waals surface area contributed by atoms with Crippen molar-refractivity contribution in [2.45, 2.75) is 25.9 Å². The summed E-state index contributed by atoms with van der Waals surface area (Å²) in [5, 5.41) is 7.20. The summed E-state index contributed by atoms with van der Waals surface area (Å²) in [5.41, 5.74) is 1.97. The van der Waals surface area contributed by atoms with Crippen LogP contribution in [0.3, 0.4) is 0 Å². The topological polar surface area (TPSA) is 82.5 Å². The van der Waals surface area contributed by atoms with E-state index in [2.05, 4.69) is 10.4 Å². The first kappa shape index (κ1) is 22.0. The maximum atomic E-state index is 12.9. The molecule has 0 unspecified atom stereocenters. The first-order valence-corrected chi connectivity index (χ1v) is 9.82. The van der Waals surface area contributed by atoms with Crippen molar-refractivity contribution in [2.24, 2.45) is 0 Å². The number of benzene rings is 2. The number of hydrogen-bond donors (Lipinski definition) is 1. The Morgan fingerprint density at radius 1 is 1.03 bits per heavy atom. The highest BCUT2D eigenvalue weighted by molar-refractivity contribution is 5.75. The normalized spacial score (nSPS) is 10.5. The monoisotopic (exact) mass is 425 g/mol. The van der Waals surface area contributed by atoms with Gasteiger partial charge in [-0.25, -0.2) is 9.07 Å². The van der Waals surface area contributed by atoms with Gasteiger partial charge in [0.1, 0.15) is 5.82 Å². The summed E-state index contributed by atoms with van der Waals surface area (Å²) in [6.07, 6.45) is 0.702. The van der Waals surface area contributed by atoms with Crippen LogP contribution in [-0.4, -0.2) is 29.9 Å². The van der Waals surface area contributed by atoms with Gasteiger partial charge in [-0.1, -0.05) is 12.1 Å². The minimum atomic E-state index is -0.316. The maximum absolute atomic E-state index is 12.9. The average molecular weight is 425 g/mol. The van der Waals surface area contributed by atoms with Gasteiger partial charge in [-0.2, -0.15) is 5.10 Å². The second-order valence-electron chi connectivity index (χ2n) is 6.86. The summed E-state index contributed by atoms with van der Waals surface area (Å²) in [6.45, 7) is 0.635. The molecule has 0 saturated heterocycles. The molecule has 162 valence electrons. The van der Waals surface area contributed by atoms with E-state index in [0.717, 1.165) is 11.1 Å². The molecular weight excluding hydrogens is 401 g/mol. The van der Waals surface area contributed by atoms with E-state index in [9.17, 15) is 14.0 Å². The van der Waals surface area contributed by atoms with E-state index in [0.29, 0.717) is 36.7 Å². The first-order valence-electron chi connectivity index (χ1n) is 9.82. The van der Waals surface area contributed by atoms with Gasteiger partial charge >= 0.3 is 0 Å². The molecule has 0 aliphatic carbocycles. The Balaban J connectivity index is 1.59. The van der Waals surface area contributed by atoms with Crippen molar-refractivity contribution in [3.05, 3.63) is 76.3 Å². The van der Waals surface area contributed by atoms with Crippen LogP contribution in [0.1, 0.15) is 18.4 Å². The molecule has 31 heavy (non-hydrogen) atoms. The molecule has 0 fully saturated rings. The van der Waals surface area contributed by atoms with E-state index in [4.69, 9.17) is 9.47 Å². The lowest BCUT2D eigenvalue weighted by Gasteiger charge is -2.11. The third-order valence-corrected chi connectivity index (χ3v) is 4.72. The van der Waals surface area contributed by atoms with Crippen molar-refractivity contribution in [3.63, 3.8) is 0 Å². The van der Waals surface area contributed by atoms with Crippen molar-refractivity contribution < 1.29 is 18.7 Å². The summed E-state index contributed by atoms with van der Waals surface area (Å²) in [5.74, 6) is 0.709. The zero-order chi connectivity index (χ0) is 22.2. The Labute approximate surface area is 179 Å². The summed E-state index contributed by atoms with van der Waals surface area (Å²) in [7, 11) is 3.11. The molecule has 0 spiro atoms. The summed E-state index contributed by atoms with van der Waals surface area (Å²) >= 11 is 0. The Morgan fingerprint density at radius 2 is 1.77 bits per heavy atom. The lowest BCUT2D eigenvalue weighted by atomic mass is 10.1. The molecule has 0 aliphatic heterocycles. The largest absolute Gasteiger partial charge is 0.493 e. The van der Waals surface area contributed by atoms with Crippen molar-refractivity contribution in [2.75, 3.05) is 14.2 Å². The van der Waals surface area contributed by atoms with E-state index < -0.39 is 0 Å². The fourth-order valence-electron chi connectivity index (χ4n) is 3.04. The number of ether oxygens (including phenoxy) is 2. The molecule has 1 N–H and O–H groups in total. The number of aryl methyl sites for hydroxylation is 1. The molecule has 7 nitrogen and oxygen atoms in total. The average Bonchev–Trinajstić information content (AvgIpc) is 2.79. The summed E-state index contributed by atoms with van der Waals surface area (Å²) in [4.78, 5) is 24.2. The number of nitrogens with one attached hydrogen (secondary N) is 1. The number of carbonyl (C=O) groups is 1. The molecule has 2 aromatic carbocycles. The molecule has 3 aromatic rings. The Hall–Kier alpha value is -3.68. The second kappa shape index (κ2) is 10.4.